The standard InChI is InChI=1S/C34H38N2O3/c1-6-36-31-17-15-24(30(35-39-23(3)37)21-34(4,5)26-12-8-9-13-26)19-28(31)29-20-25(16-18-32(29)36)33(38)27-14-10-7-11-22(27)2/h7,10-11,14-20,26H,6,8-9,12-13,21H2,1-5H3. The number of benzene rings is 3. The first-order valence-corrected chi connectivity index (χ1v) is 14.1. The number of oxime groups is 1. The van der Waals surface area contributed by atoms with E-state index in [-0.39, 0.29) is 11.2 Å². The first kappa shape index (κ1) is 26.9. The molecule has 1 aliphatic carbocycles. The predicted molar refractivity (Wildman–Crippen MR) is 158 cm³/mol. The number of fused-ring (bicyclic) bond motifs is 3. The van der Waals surface area contributed by atoms with Crippen molar-refractivity contribution >= 4 is 39.3 Å². The van der Waals surface area contributed by atoms with Gasteiger partial charge in [0.05, 0.1) is 5.71 Å². The number of carbonyl (C=O) groups is 2. The molecule has 1 fully saturated rings. The molecule has 1 heterocycles. The van der Waals surface area contributed by atoms with Crippen molar-refractivity contribution in [3.63, 3.8) is 0 Å². The lowest BCUT2D eigenvalue weighted by Gasteiger charge is -2.32. The summed E-state index contributed by atoms with van der Waals surface area (Å²) in [6.07, 6.45) is 5.73. The molecule has 0 spiro atoms. The van der Waals surface area contributed by atoms with Gasteiger partial charge in [0.1, 0.15) is 0 Å². The second-order valence-corrected chi connectivity index (χ2v) is 11.6. The third-order valence-corrected chi connectivity index (χ3v) is 8.53. The highest BCUT2D eigenvalue weighted by Crippen LogP contribution is 2.43. The minimum atomic E-state index is -0.422. The lowest BCUT2D eigenvalue weighted by molar-refractivity contribution is -0.140. The molecule has 0 saturated heterocycles. The molecule has 1 saturated carbocycles. The Bertz CT molecular complexity index is 1590. The minimum absolute atomic E-state index is 0.0268. The van der Waals surface area contributed by atoms with Crippen molar-refractivity contribution in [2.45, 2.75) is 73.3 Å². The average molecular weight is 523 g/mol. The third-order valence-electron chi connectivity index (χ3n) is 8.53. The number of ketones is 1. The highest BCUT2D eigenvalue weighted by atomic mass is 16.7. The summed E-state index contributed by atoms with van der Waals surface area (Å²) in [5.41, 5.74) is 6.34. The molecule has 5 nitrogen and oxygen atoms in total. The van der Waals surface area contributed by atoms with Crippen LogP contribution in [-0.2, 0) is 16.2 Å². The number of hydrogen-bond acceptors (Lipinski definition) is 4. The summed E-state index contributed by atoms with van der Waals surface area (Å²) in [6, 6.07) is 20.1. The summed E-state index contributed by atoms with van der Waals surface area (Å²) in [4.78, 5) is 30.4. The monoisotopic (exact) mass is 522 g/mol. The Kier molecular flexibility index (Phi) is 7.44. The van der Waals surface area contributed by atoms with E-state index in [2.05, 4.69) is 54.8 Å². The average Bonchev–Trinajstić information content (AvgIpc) is 3.57. The molecule has 0 atom stereocenters. The number of hydrogen-bond donors (Lipinski definition) is 0. The molecule has 0 aliphatic heterocycles. The Labute approximate surface area is 230 Å². The van der Waals surface area contributed by atoms with Crippen LogP contribution in [0.3, 0.4) is 0 Å². The molecular weight excluding hydrogens is 484 g/mol. The van der Waals surface area contributed by atoms with E-state index in [0.29, 0.717) is 11.5 Å². The van der Waals surface area contributed by atoms with Crippen molar-refractivity contribution in [3.05, 3.63) is 82.9 Å². The quantitative estimate of drug-likeness (QED) is 0.101. The predicted octanol–water partition coefficient (Wildman–Crippen LogP) is 8.23. The van der Waals surface area contributed by atoms with Crippen LogP contribution in [-0.4, -0.2) is 22.0 Å². The summed E-state index contributed by atoms with van der Waals surface area (Å²) in [6.45, 7) is 10.9. The zero-order chi connectivity index (χ0) is 27.7. The first-order chi connectivity index (χ1) is 18.7. The number of aryl methyl sites for hydroxylation is 2. The van der Waals surface area contributed by atoms with Gasteiger partial charge in [-0.05, 0) is 80.3 Å². The molecular formula is C34H38N2O3. The van der Waals surface area contributed by atoms with Crippen LogP contribution in [0.4, 0.5) is 0 Å². The van der Waals surface area contributed by atoms with Gasteiger partial charge in [0.2, 0.25) is 0 Å². The van der Waals surface area contributed by atoms with E-state index in [4.69, 9.17) is 4.84 Å². The van der Waals surface area contributed by atoms with E-state index in [0.717, 1.165) is 57.2 Å². The van der Waals surface area contributed by atoms with Crippen molar-refractivity contribution in [2.24, 2.45) is 16.5 Å². The Morgan fingerprint density at radius 1 is 0.949 bits per heavy atom. The van der Waals surface area contributed by atoms with Crippen LogP contribution in [0.5, 0.6) is 0 Å². The molecule has 4 aromatic rings. The third kappa shape index (κ3) is 5.27. The van der Waals surface area contributed by atoms with Gasteiger partial charge >= 0.3 is 5.97 Å². The maximum absolute atomic E-state index is 13.5. The first-order valence-electron chi connectivity index (χ1n) is 14.1. The van der Waals surface area contributed by atoms with Gasteiger partial charge in [0.25, 0.3) is 0 Å². The Balaban J connectivity index is 1.62. The summed E-state index contributed by atoms with van der Waals surface area (Å²) >= 11 is 0. The van der Waals surface area contributed by atoms with Gasteiger partial charge in [-0.3, -0.25) is 4.79 Å². The number of aromatic nitrogens is 1. The van der Waals surface area contributed by atoms with E-state index in [1.807, 2.05) is 43.3 Å². The van der Waals surface area contributed by atoms with Crippen LogP contribution in [0, 0.1) is 18.3 Å². The fraction of sp³-hybridized carbons (Fsp3) is 0.382. The van der Waals surface area contributed by atoms with Crippen LogP contribution >= 0.6 is 0 Å². The topological polar surface area (TPSA) is 60.7 Å². The normalized spacial score (nSPS) is 14.8. The number of carbonyl (C=O) groups excluding carboxylic acids is 2. The largest absolute Gasteiger partial charge is 0.341 e. The summed E-state index contributed by atoms with van der Waals surface area (Å²) in [5, 5.41) is 6.47. The second kappa shape index (κ2) is 10.8. The van der Waals surface area contributed by atoms with Gasteiger partial charge in [-0.2, -0.15) is 0 Å². The van der Waals surface area contributed by atoms with Gasteiger partial charge in [0.15, 0.2) is 5.78 Å². The van der Waals surface area contributed by atoms with Crippen LogP contribution in [0.2, 0.25) is 0 Å². The van der Waals surface area contributed by atoms with Crippen molar-refractivity contribution in [1.82, 2.24) is 4.57 Å². The van der Waals surface area contributed by atoms with Crippen molar-refractivity contribution < 1.29 is 14.4 Å². The molecule has 0 unspecified atom stereocenters. The molecule has 39 heavy (non-hydrogen) atoms. The van der Waals surface area contributed by atoms with Gasteiger partial charge in [-0.15, -0.1) is 0 Å². The van der Waals surface area contributed by atoms with Crippen molar-refractivity contribution in [3.8, 4) is 0 Å². The molecule has 0 radical (unpaired) electrons. The molecule has 202 valence electrons. The number of rotatable bonds is 8. The van der Waals surface area contributed by atoms with E-state index in [1.54, 1.807) is 0 Å². The van der Waals surface area contributed by atoms with Crippen LogP contribution in [0.25, 0.3) is 21.8 Å². The van der Waals surface area contributed by atoms with Gasteiger partial charge in [0, 0.05) is 52.0 Å². The summed E-state index contributed by atoms with van der Waals surface area (Å²) in [5.74, 6) is 0.231. The Hall–Kier alpha value is -3.73. The maximum Gasteiger partial charge on any atom is 0.331 e. The van der Waals surface area contributed by atoms with Crippen LogP contribution < -0.4 is 0 Å². The lowest BCUT2D eigenvalue weighted by atomic mass is 9.73. The molecule has 3 aromatic carbocycles. The molecule has 0 bridgehead atoms. The molecule has 5 heteroatoms. The highest BCUT2D eigenvalue weighted by molar-refractivity contribution is 6.16. The lowest BCUT2D eigenvalue weighted by Crippen LogP contribution is -2.26. The molecule has 1 aliphatic rings. The van der Waals surface area contributed by atoms with Crippen molar-refractivity contribution in [2.75, 3.05) is 0 Å². The SMILES string of the molecule is CCn1c2ccc(C(=O)c3ccccc3C)cc2c2cc(C(CC(C)(C)C3CCCC3)=NOC(C)=O)ccc21. The van der Waals surface area contributed by atoms with Gasteiger partial charge in [-0.1, -0.05) is 62.2 Å². The van der Waals surface area contributed by atoms with Crippen molar-refractivity contribution in [1.29, 1.82) is 0 Å². The highest BCUT2D eigenvalue weighted by Gasteiger charge is 2.33. The van der Waals surface area contributed by atoms with Gasteiger partial charge < -0.3 is 9.40 Å². The van der Waals surface area contributed by atoms with E-state index in [1.165, 1.54) is 32.6 Å². The molecule has 1 aromatic heterocycles. The number of nitrogens with zero attached hydrogens (tertiary/aromatic N) is 2. The summed E-state index contributed by atoms with van der Waals surface area (Å²) in [7, 11) is 0. The molecule has 0 N–H and O–H groups in total. The van der Waals surface area contributed by atoms with E-state index in [9.17, 15) is 9.59 Å². The minimum Gasteiger partial charge on any atom is -0.341 e. The molecule has 5 rings (SSSR count). The fourth-order valence-corrected chi connectivity index (χ4v) is 6.34. The Morgan fingerprint density at radius 3 is 2.18 bits per heavy atom. The summed E-state index contributed by atoms with van der Waals surface area (Å²) < 4.78 is 2.28. The van der Waals surface area contributed by atoms with Gasteiger partial charge in [-0.25, -0.2) is 4.79 Å². The smallest absolute Gasteiger partial charge is 0.331 e. The fourth-order valence-electron chi connectivity index (χ4n) is 6.34. The van der Waals surface area contributed by atoms with E-state index < -0.39 is 5.97 Å². The van der Waals surface area contributed by atoms with Crippen LogP contribution in [0.1, 0.15) is 86.8 Å². The zero-order valence-electron chi connectivity index (χ0n) is 23.7. The van der Waals surface area contributed by atoms with Crippen LogP contribution in [0.15, 0.2) is 65.8 Å². The molecule has 0 amide bonds. The van der Waals surface area contributed by atoms with E-state index >= 15 is 0 Å². The Morgan fingerprint density at radius 2 is 1.56 bits per heavy atom. The maximum atomic E-state index is 13.5. The zero-order valence-corrected chi connectivity index (χ0v) is 23.7. The second-order valence-electron chi connectivity index (χ2n) is 11.6.